The van der Waals surface area contributed by atoms with Crippen LogP contribution in [0.3, 0.4) is 0 Å². The van der Waals surface area contributed by atoms with Gasteiger partial charge in [-0.25, -0.2) is 18.7 Å². The van der Waals surface area contributed by atoms with E-state index < -0.39 is 24.5 Å². The van der Waals surface area contributed by atoms with Gasteiger partial charge in [-0.1, -0.05) is 0 Å². The van der Waals surface area contributed by atoms with Gasteiger partial charge in [0.15, 0.2) is 11.9 Å². The number of halogens is 2. The van der Waals surface area contributed by atoms with Crippen LogP contribution in [0.5, 0.6) is 5.75 Å². The molecule has 0 bridgehead atoms. The van der Waals surface area contributed by atoms with Crippen LogP contribution >= 0.6 is 0 Å². The van der Waals surface area contributed by atoms with Crippen molar-refractivity contribution >= 4 is 29.4 Å². The minimum absolute atomic E-state index is 0.0264. The minimum atomic E-state index is -3.31. The molecule has 1 N–H and O–H groups in total. The fraction of sp³-hybridized carbons (Fsp3) is 0.394. The first-order valence-electron chi connectivity index (χ1n) is 15.6. The molecule has 7 rings (SSSR count). The van der Waals surface area contributed by atoms with E-state index in [0.29, 0.717) is 35.4 Å². The highest BCUT2D eigenvalue weighted by Crippen LogP contribution is 2.34. The molecule has 4 aliphatic heterocycles. The first-order chi connectivity index (χ1) is 22.9. The lowest BCUT2D eigenvalue weighted by Crippen LogP contribution is -2.56. The first-order valence-corrected chi connectivity index (χ1v) is 15.6. The number of alkyl halides is 2. The number of carbonyl (C=O) groups excluding carboxylic acids is 1. The van der Waals surface area contributed by atoms with Crippen molar-refractivity contribution in [1.29, 1.82) is 5.26 Å². The van der Waals surface area contributed by atoms with Crippen molar-refractivity contribution in [1.82, 2.24) is 24.8 Å². The van der Waals surface area contributed by atoms with Crippen LogP contribution in [-0.2, 0) is 9.53 Å². The van der Waals surface area contributed by atoms with E-state index in [0.717, 1.165) is 55.7 Å². The third-order valence-electron chi connectivity index (χ3n) is 8.88. The van der Waals surface area contributed by atoms with E-state index in [9.17, 15) is 10.1 Å². The molecule has 14 heteroatoms. The molecule has 4 aliphatic rings. The molecule has 0 spiro atoms. The van der Waals surface area contributed by atoms with E-state index in [1.54, 1.807) is 12.3 Å². The van der Waals surface area contributed by atoms with Gasteiger partial charge in [0.05, 0.1) is 31.4 Å². The number of amides is 1. The summed E-state index contributed by atoms with van der Waals surface area (Å²) < 4.78 is 41.3. The molecule has 5 heterocycles. The number of piperazine rings is 1. The van der Waals surface area contributed by atoms with Crippen LogP contribution < -0.4 is 15.0 Å². The summed E-state index contributed by atoms with van der Waals surface area (Å²) in [5.41, 5.74) is 2.91. The normalized spacial score (nSPS) is 21.1. The second kappa shape index (κ2) is 13.0. The van der Waals surface area contributed by atoms with E-state index in [1.807, 2.05) is 18.2 Å². The number of aliphatic imine (C=N–C) groups is 1. The number of benzene rings is 2. The van der Waals surface area contributed by atoms with Crippen LogP contribution in [0.2, 0.25) is 0 Å². The topological polar surface area (TPSA) is 132 Å². The molecule has 3 aromatic rings. The predicted octanol–water partition coefficient (Wildman–Crippen LogP) is 3.65. The molecule has 1 amide bonds. The SMILES string of the molecule is N#Cc1cc(-c2ncnc(Nc3ccc(N4CCN(C5COC5)CC4)cc3)n2)ccc1O[C@H]1CCN(C(=O)C2=CN=CC2)CC1(F)F. The van der Waals surface area contributed by atoms with Crippen molar-refractivity contribution in [2.75, 3.05) is 62.7 Å². The van der Waals surface area contributed by atoms with Gasteiger partial charge in [0.2, 0.25) is 5.95 Å². The molecule has 2 aromatic carbocycles. The molecule has 3 saturated heterocycles. The summed E-state index contributed by atoms with van der Waals surface area (Å²) in [4.78, 5) is 35.5. The Labute approximate surface area is 270 Å². The highest BCUT2D eigenvalue weighted by Gasteiger charge is 2.48. The van der Waals surface area contributed by atoms with Crippen molar-refractivity contribution in [2.24, 2.45) is 4.99 Å². The van der Waals surface area contributed by atoms with E-state index in [2.05, 4.69) is 47.2 Å². The number of nitrogens with zero attached hydrogens (tertiary/aromatic N) is 8. The van der Waals surface area contributed by atoms with Crippen LogP contribution in [0.25, 0.3) is 11.4 Å². The highest BCUT2D eigenvalue weighted by molar-refractivity contribution is 5.98. The Kier molecular flexibility index (Phi) is 8.48. The first kappa shape index (κ1) is 30.6. The number of ether oxygens (including phenoxy) is 2. The predicted molar refractivity (Wildman–Crippen MR) is 170 cm³/mol. The zero-order valence-electron chi connectivity index (χ0n) is 25.6. The molecule has 0 radical (unpaired) electrons. The zero-order valence-corrected chi connectivity index (χ0v) is 25.6. The van der Waals surface area contributed by atoms with E-state index in [-0.39, 0.29) is 24.3 Å². The summed E-state index contributed by atoms with van der Waals surface area (Å²) >= 11 is 0. The van der Waals surface area contributed by atoms with Gasteiger partial charge in [-0.15, -0.1) is 0 Å². The molecular formula is C33H33F2N9O3. The summed E-state index contributed by atoms with van der Waals surface area (Å²) in [5, 5.41) is 13.0. The Bertz CT molecular complexity index is 1730. The number of nitrogens with one attached hydrogen (secondary N) is 1. The lowest BCUT2D eigenvalue weighted by molar-refractivity contribution is -0.157. The lowest BCUT2D eigenvalue weighted by atomic mass is 10.0. The number of hydrogen-bond donors (Lipinski definition) is 1. The van der Waals surface area contributed by atoms with Crippen molar-refractivity contribution in [3.63, 3.8) is 0 Å². The molecule has 3 fully saturated rings. The molecule has 1 aromatic heterocycles. The van der Waals surface area contributed by atoms with Gasteiger partial charge in [0.25, 0.3) is 5.91 Å². The average molecular weight is 642 g/mol. The third-order valence-corrected chi connectivity index (χ3v) is 8.88. The smallest absolute Gasteiger partial charge is 0.301 e. The van der Waals surface area contributed by atoms with E-state index in [4.69, 9.17) is 9.47 Å². The number of likely N-dealkylation sites (tertiary alicyclic amines) is 1. The average Bonchev–Trinajstić information content (AvgIpc) is 3.61. The highest BCUT2D eigenvalue weighted by atomic mass is 19.3. The van der Waals surface area contributed by atoms with Crippen LogP contribution in [0.4, 0.5) is 26.1 Å². The van der Waals surface area contributed by atoms with Crippen LogP contribution in [0.15, 0.2) is 65.6 Å². The van der Waals surface area contributed by atoms with Gasteiger partial charge in [0.1, 0.15) is 18.1 Å². The number of rotatable bonds is 8. The van der Waals surface area contributed by atoms with Gasteiger partial charge < -0.3 is 24.6 Å². The van der Waals surface area contributed by atoms with Crippen molar-refractivity contribution in [3.8, 4) is 23.2 Å². The summed E-state index contributed by atoms with van der Waals surface area (Å²) in [5.74, 6) is -3.11. The number of hydrogen-bond acceptors (Lipinski definition) is 11. The molecule has 0 aliphatic carbocycles. The van der Waals surface area contributed by atoms with Gasteiger partial charge in [-0.2, -0.15) is 10.2 Å². The second-order valence-corrected chi connectivity index (χ2v) is 11.9. The van der Waals surface area contributed by atoms with Crippen LogP contribution in [0.1, 0.15) is 18.4 Å². The van der Waals surface area contributed by atoms with Gasteiger partial charge in [0, 0.05) is 80.5 Å². The molecule has 242 valence electrons. The van der Waals surface area contributed by atoms with Gasteiger partial charge in [-0.05, 0) is 42.5 Å². The van der Waals surface area contributed by atoms with E-state index >= 15 is 8.78 Å². The van der Waals surface area contributed by atoms with Gasteiger partial charge in [-0.3, -0.25) is 14.7 Å². The summed E-state index contributed by atoms with van der Waals surface area (Å²) in [7, 11) is 0. The number of aromatic nitrogens is 3. The maximum Gasteiger partial charge on any atom is 0.301 e. The van der Waals surface area contributed by atoms with Crippen molar-refractivity contribution in [3.05, 3.63) is 66.1 Å². The molecule has 0 saturated carbocycles. The Morgan fingerprint density at radius 1 is 1.06 bits per heavy atom. The Hall–Kier alpha value is -5.00. The number of nitriles is 1. The Balaban J connectivity index is 0.979. The number of piperidine rings is 1. The van der Waals surface area contributed by atoms with Crippen molar-refractivity contribution < 1.29 is 23.0 Å². The minimum Gasteiger partial charge on any atom is -0.483 e. The summed E-state index contributed by atoms with van der Waals surface area (Å²) in [6.45, 7) is 4.97. The van der Waals surface area contributed by atoms with Gasteiger partial charge >= 0.3 is 5.92 Å². The third kappa shape index (κ3) is 6.63. The Morgan fingerprint density at radius 3 is 2.55 bits per heavy atom. The molecule has 47 heavy (non-hydrogen) atoms. The lowest BCUT2D eigenvalue weighted by Gasteiger charge is -2.43. The maximum atomic E-state index is 15.1. The molecule has 12 nitrogen and oxygen atoms in total. The van der Waals surface area contributed by atoms with E-state index in [1.165, 1.54) is 24.7 Å². The van der Waals surface area contributed by atoms with Crippen molar-refractivity contribution in [2.45, 2.75) is 30.9 Å². The number of carbonyl (C=O) groups is 1. The maximum absolute atomic E-state index is 15.1. The fourth-order valence-corrected chi connectivity index (χ4v) is 6.10. The quantitative estimate of drug-likeness (QED) is 0.389. The second-order valence-electron chi connectivity index (χ2n) is 11.9. The number of anilines is 3. The fourth-order valence-electron chi connectivity index (χ4n) is 6.10. The monoisotopic (exact) mass is 641 g/mol. The summed E-state index contributed by atoms with van der Waals surface area (Å²) in [6, 6.07) is 15.3. The summed E-state index contributed by atoms with van der Waals surface area (Å²) in [6.07, 6.45) is 3.09. The standard InChI is InChI=1S/C33H33F2N9O3/c34-33(35)20-44(31(45)23-7-9-37-17-23)10-8-29(33)47-28-6-1-22(15-24(28)16-36)30-38-21-39-32(41-30)40-25-2-4-26(5-3-25)42-11-13-43(14-12-42)27-18-46-19-27/h1-6,9,15,17,21,27,29H,7-8,10-14,18-20H2,(H,38,39,40,41)/t29-/m0/s1. The molecule has 1 atom stereocenters. The molecule has 0 unspecified atom stereocenters. The van der Waals surface area contributed by atoms with Crippen LogP contribution in [0, 0.1) is 11.3 Å². The van der Waals surface area contributed by atoms with Crippen LogP contribution in [-0.4, -0.2) is 107 Å². The Morgan fingerprint density at radius 2 is 1.87 bits per heavy atom. The zero-order chi connectivity index (χ0) is 32.4. The molecular weight excluding hydrogens is 608 g/mol. The largest absolute Gasteiger partial charge is 0.483 e.